The fraction of sp³-hybridized carbons (Fsp3) is 0.600. The molecule has 2 nitrogen and oxygen atoms in total. The van der Waals surface area contributed by atoms with Crippen LogP contribution in [0.1, 0.15) is 33.3 Å². The van der Waals surface area contributed by atoms with Crippen molar-refractivity contribution in [1.82, 2.24) is 10.6 Å². The van der Waals surface area contributed by atoms with E-state index >= 15 is 0 Å². The van der Waals surface area contributed by atoms with E-state index in [9.17, 15) is 0 Å². The van der Waals surface area contributed by atoms with Crippen LogP contribution in [0.4, 0.5) is 0 Å². The molecule has 1 aromatic carbocycles. The van der Waals surface area contributed by atoms with E-state index < -0.39 is 0 Å². The predicted molar refractivity (Wildman–Crippen MR) is 75.3 cm³/mol. The van der Waals surface area contributed by atoms with Gasteiger partial charge in [-0.25, -0.2) is 0 Å². The van der Waals surface area contributed by atoms with Crippen molar-refractivity contribution >= 4 is 0 Å². The Kier molecular flexibility index (Phi) is 6.23. The SMILES string of the molecule is CC(C)NCC(Cc1ccccc1)NC(C)C. The lowest BCUT2D eigenvalue weighted by atomic mass is 10.0. The molecule has 0 aromatic heterocycles. The first-order valence-electron chi connectivity index (χ1n) is 6.61. The highest BCUT2D eigenvalue weighted by Crippen LogP contribution is 2.03. The van der Waals surface area contributed by atoms with Gasteiger partial charge in [-0.1, -0.05) is 58.0 Å². The lowest BCUT2D eigenvalue weighted by Crippen LogP contribution is -2.45. The van der Waals surface area contributed by atoms with Crippen molar-refractivity contribution in [3.05, 3.63) is 35.9 Å². The van der Waals surface area contributed by atoms with E-state index in [4.69, 9.17) is 0 Å². The monoisotopic (exact) mass is 234 g/mol. The summed E-state index contributed by atoms with van der Waals surface area (Å²) >= 11 is 0. The van der Waals surface area contributed by atoms with Crippen LogP contribution in [0.25, 0.3) is 0 Å². The molecule has 0 heterocycles. The molecule has 0 aliphatic carbocycles. The Labute approximate surface area is 106 Å². The molecule has 0 aliphatic heterocycles. The zero-order valence-electron chi connectivity index (χ0n) is 11.5. The van der Waals surface area contributed by atoms with Crippen LogP contribution in [0.2, 0.25) is 0 Å². The number of nitrogens with one attached hydrogen (secondary N) is 2. The minimum absolute atomic E-state index is 0.500. The predicted octanol–water partition coefficient (Wildman–Crippen LogP) is 2.59. The average Bonchev–Trinajstić information content (AvgIpc) is 2.26. The normalized spacial score (nSPS) is 13.3. The maximum Gasteiger partial charge on any atom is 0.0235 e. The molecule has 1 aromatic rings. The summed E-state index contributed by atoms with van der Waals surface area (Å²) in [6.45, 7) is 9.80. The van der Waals surface area contributed by atoms with Crippen LogP contribution in [0, 0.1) is 0 Å². The van der Waals surface area contributed by atoms with Gasteiger partial charge < -0.3 is 10.6 Å². The van der Waals surface area contributed by atoms with Crippen LogP contribution >= 0.6 is 0 Å². The zero-order chi connectivity index (χ0) is 12.7. The minimum Gasteiger partial charge on any atom is -0.313 e. The number of hydrogen-bond acceptors (Lipinski definition) is 2. The van der Waals surface area contributed by atoms with E-state index in [1.807, 2.05) is 0 Å². The fourth-order valence-corrected chi connectivity index (χ4v) is 1.94. The molecule has 0 bridgehead atoms. The minimum atomic E-state index is 0.500. The third kappa shape index (κ3) is 6.44. The van der Waals surface area contributed by atoms with Crippen LogP contribution in [0.3, 0.4) is 0 Å². The van der Waals surface area contributed by atoms with Crippen LogP contribution in [-0.2, 0) is 6.42 Å². The quantitative estimate of drug-likeness (QED) is 0.758. The Balaban J connectivity index is 2.51. The van der Waals surface area contributed by atoms with E-state index in [1.165, 1.54) is 5.56 Å². The molecule has 2 N–H and O–H groups in total. The lowest BCUT2D eigenvalue weighted by molar-refractivity contribution is 0.418. The molecular formula is C15H26N2. The Morgan fingerprint density at radius 3 is 2.12 bits per heavy atom. The summed E-state index contributed by atoms with van der Waals surface area (Å²) in [7, 11) is 0. The molecule has 1 rings (SSSR count). The van der Waals surface area contributed by atoms with E-state index in [-0.39, 0.29) is 0 Å². The topological polar surface area (TPSA) is 24.1 Å². The Bertz CT molecular complexity index is 293. The molecule has 0 saturated heterocycles. The van der Waals surface area contributed by atoms with Crippen molar-refractivity contribution < 1.29 is 0 Å². The van der Waals surface area contributed by atoms with Crippen LogP contribution in [0.5, 0.6) is 0 Å². The number of rotatable bonds is 7. The van der Waals surface area contributed by atoms with Gasteiger partial charge in [0.1, 0.15) is 0 Å². The number of hydrogen-bond donors (Lipinski definition) is 2. The summed E-state index contributed by atoms with van der Waals surface area (Å²) in [6, 6.07) is 12.3. The van der Waals surface area contributed by atoms with Gasteiger partial charge in [0.2, 0.25) is 0 Å². The largest absolute Gasteiger partial charge is 0.313 e. The fourth-order valence-electron chi connectivity index (χ4n) is 1.94. The average molecular weight is 234 g/mol. The molecule has 0 amide bonds. The van der Waals surface area contributed by atoms with Gasteiger partial charge in [-0.15, -0.1) is 0 Å². The first-order valence-corrected chi connectivity index (χ1v) is 6.61. The molecular weight excluding hydrogens is 208 g/mol. The van der Waals surface area contributed by atoms with Gasteiger partial charge in [0.25, 0.3) is 0 Å². The van der Waals surface area contributed by atoms with Crippen molar-refractivity contribution in [3.8, 4) is 0 Å². The summed E-state index contributed by atoms with van der Waals surface area (Å²) in [6.07, 6.45) is 1.08. The van der Waals surface area contributed by atoms with Crippen molar-refractivity contribution in [3.63, 3.8) is 0 Å². The zero-order valence-corrected chi connectivity index (χ0v) is 11.5. The van der Waals surface area contributed by atoms with Gasteiger partial charge in [-0.2, -0.15) is 0 Å². The van der Waals surface area contributed by atoms with E-state index in [1.54, 1.807) is 0 Å². The third-order valence-electron chi connectivity index (χ3n) is 2.67. The standard InChI is InChI=1S/C15H26N2/c1-12(2)16-11-15(17-13(3)4)10-14-8-6-5-7-9-14/h5-9,12-13,15-17H,10-11H2,1-4H3. The first-order chi connectivity index (χ1) is 8.08. The van der Waals surface area contributed by atoms with Gasteiger partial charge in [0.05, 0.1) is 0 Å². The Hall–Kier alpha value is -0.860. The molecule has 17 heavy (non-hydrogen) atoms. The molecule has 2 heteroatoms. The first kappa shape index (κ1) is 14.2. The van der Waals surface area contributed by atoms with Gasteiger partial charge >= 0.3 is 0 Å². The highest BCUT2D eigenvalue weighted by Gasteiger charge is 2.10. The van der Waals surface area contributed by atoms with Gasteiger partial charge in [-0.05, 0) is 12.0 Å². The molecule has 96 valence electrons. The smallest absolute Gasteiger partial charge is 0.0235 e. The second kappa shape index (κ2) is 7.46. The lowest BCUT2D eigenvalue weighted by Gasteiger charge is -2.23. The van der Waals surface area contributed by atoms with Crippen molar-refractivity contribution in [1.29, 1.82) is 0 Å². The van der Waals surface area contributed by atoms with E-state index in [2.05, 4.69) is 68.7 Å². The highest BCUT2D eigenvalue weighted by atomic mass is 15.0. The Morgan fingerprint density at radius 1 is 0.941 bits per heavy atom. The molecule has 0 saturated carbocycles. The van der Waals surface area contributed by atoms with E-state index in [0.717, 1.165) is 13.0 Å². The third-order valence-corrected chi connectivity index (χ3v) is 2.67. The van der Waals surface area contributed by atoms with Crippen molar-refractivity contribution in [2.75, 3.05) is 6.54 Å². The summed E-state index contributed by atoms with van der Waals surface area (Å²) in [5.41, 5.74) is 1.40. The molecule has 1 atom stereocenters. The second-order valence-electron chi connectivity index (χ2n) is 5.27. The van der Waals surface area contributed by atoms with Crippen LogP contribution in [-0.4, -0.2) is 24.7 Å². The molecule has 1 unspecified atom stereocenters. The van der Waals surface area contributed by atoms with Crippen molar-refractivity contribution in [2.45, 2.75) is 52.2 Å². The molecule has 0 fully saturated rings. The maximum atomic E-state index is 3.62. The number of benzene rings is 1. The summed E-state index contributed by atoms with van der Waals surface area (Å²) in [5, 5.41) is 7.13. The van der Waals surface area contributed by atoms with E-state index in [0.29, 0.717) is 18.1 Å². The van der Waals surface area contributed by atoms with Gasteiger partial charge in [0, 0.05) is 24.7 Å². The summed E-state index contributed by atoms with van der Waals surface area (Å²) in [5.74, 6) is 0. The summed E-state index contributed by atoms with van der Waals surface area (Å²) < 4.78 is 0. The van der Waals surface area contributed by atoms with Crippen LogP contribution in [0.15, 0.2) is 30.3 Å². The highest BCUT2D eigenvalue weighted by molar-refractivity contribution is 5.16. The maximum absolute atomic E-state index is 3.62. The van der Waals surface area contributed by atoms with Gasteiger partial charge in [-0.3, -0.25) is 0 Å². The summed E-state index contributed by atoms with van der Waals surface area (Å²) in [4.78, 5) is 0. The van der Waals surface area contributed by atoms with Crippen molar-refractivity contribution in [2.24, 2.45) is 0 Å². The Morgan fingerprint density at radius 2 is 1.59 bits per heavy atom. The van der Waals surface area contributed by atoms with Gasteiger partial charge in [0.15, 0.2) is 0 Å². The second-order valence-corrected chi connectivity index (χ2v) is 5.27. The molecule has 0 aliphatic rings. The van der Waals surface area contributed by atoms with Crippen LogP contribution < -0.4 is 10.6 Å². The molecule has 0 radical (unpaired) electrons. The molecule has 0 spiro atoms.